The van der Waals surface area contributed by atoms with Gasteiger partial charge in [-0.2, -0.15) is 0 Å². The monoisotopic (exact) mass is 445 g/mol. The van der Waals surface area contributed by atoms with Gasteiger partial charge in [0, 0.05) is 30.8 Å². The van der Waals surface area contributed by atoms with Gasteiger partial charge in [0.25, 0.3) is 17.5 Å². The Morgan fingerprint density at radius 3 is 2.58 bits per heavy atom. The Morgan fingerprint density at radius 2 is 1.94 bits per heavy atom. The molecule has 0 saturated carbocycles. The summed E-state index contributed by atoms with van der Waals surface area (Å²) in [5.41, 5.74) is 0.430. The minimum absolute atomic E-state index is 0.0685. The number of carbonyl (C=O) groups excluding carboxylic acids is 3. The fourth-order valence-electron chi connectivity index (χ4n) is 3.43. The minimum atomic E-state index is -0.636. The highest BCUT2D eigenvalue weighted by atomic mass is 32.1. The zero-order valence-electron chi connectivity index (χ0n) is 17.3. The van der Waals surface area contributed by atoms with Crippen molar-refractivity contribution in [2.45, 2.75) is 33.1 Å². The molecule has 0 bridgehead atoms. The molecule has 2 aromatic rings. The lowest BCUT2D eigenvalue weighted by molar-refractivity contribution is -0.384. The Morgan fingerprint density at radius 1 is 1.23 bits per heavy atom. The predicted molar refractivity (Wildman–Crippen MR) is 116 cm³/mol. The maximum Gasteiger partial charge on any atom is 0.341 e. The van der Waals surface area contributed by atoms with Crippen molar-refractivity contribution in [3.05, 3.63) is 55.9 Å². The summed E-state index contributed by atoms with van der Waals surface area (Å²) in [5, 5.41) is 13.8. The number of likely N-dealkylation sites (tertiary alicyclic amines) is 1. The average Bonchev–Trinajstić information content (AvgIpc) is 3.09. The summed E-state index contributed by atoms with van der Waals surface area (Å²) >= 11 is 1.02. The number of nitro groups is 1. The zero-order chi connectivity index (χ0) is 22.5. The molecule has 1 N–H and O–H groups in total. The van der Waals surface area contributed by atoms with Crippen LogP contribution in [-0.2, 0) is 4.74 Å². The number of hydrogen-bond acceptors (Lipinski definition) is 7. The van der Waals surface area contributed by atoms with E-state index in [-0.39, 0.29) is 34.3 Å². The predicted octanol–water partition coefficient (Wildman–Crippen LogP) is 4.02. The largest absolute Gasteiger partial charge is 0.462 e. The molecule has 1 aliphatic heterocycles. The summed E-state index contributed by atoms with van der Waals surface area (Å²) < 4.78 is 5.13. The van der Waals surface area contributed by atoms with E-state index in [1.54, 1.807) is 18.7 Å². The Kier molecular flexibility index (Phi) is 7.01. The SMILES string of the molecule is CCOC(=O)c1c(NC(=O)c2cccc([N+](=O)[O-])c2)sc(C(=O)N2CCCCC2)c1C. The number of piperidine rings is 1. The van der Waals surface area contributed by atoms with Crippen LogP contribution in [0.2, 0.25) is 0 Å². The third-order valence-electron chi connectivity index (χ3n) is 5.01. The number of rotatable bonds is 6. The molecule has 1 aliphatic rings. The number of esters is 1. The Hall–Kier alpha value is -3.27. The van der Waals surface area contributed by atoms with Crippen LogP contribution in [0.15, 0.2) is 24.3 Å². The van der Waals surface area contributed by atoms with Crippen molar-refractivity contribution in [2.24, 2.45) is 0 Å². The van der Waals surface area contributed by atoms with Crippen molar-refractivity contribution in [1.82, 2.24) is 4.90 Å². The molecule has 9 nitrogen and oxygen atoms in total. The summed E-state index contributed by atoms with van der Waals surface area (Å²) in [4.78, 5) is 50.9. The van der Waals surface area contributed by atoms with Gasteiger partial charge >= 0.3 is 5.97 Å². The van der Waals surface area contributed by atoms with E-state index < -0.39 is 16.8 Å². The topological polar surface area (TPSA) is 119 Å². The van der Waals surface area contributed by atoms with Crippen LogP contribution >= 0.6 is 11.3 Å². The summed E-state index contributed by atoms with van der Waals surface area (Å²) in [6.07, 6.45) is 2.93. The van der Waals surface area contributed by atoms with Crippen molar-refractivity contribution in [3.8, 4) is 0 Å². The number of nitrogens with one attached hydrogen (secondary N) is 1. The van der Waals surface area contributed by atoms with Crippen LogP contribution in [0.3, 0.4) is 0 Å². The van der Waals surface area contributed by atoms with Crippen LogP contribution in [0, 0.1) is 17.0 Å². The molecule has 3 rings (SSSR count). The van der Waals surface area contributed by atoms with E-state index in [1.807, 2.05) is 0 Å². The van der Waals surface area contributed by atoms with Gasteiger partial charge in [-0.15, -0.1) is 11.3 Å². The molecule has 0 radical (unpaired) electrons. The molecule has 1 aromatic heterocycles. The second-order valence-corrected chi connectivity index (χ2v) is 8.12. The van der Waals surface area contributed by atoms with Crippen molar-refractivity contribution < 1.29 is 24.0 Å². The zero-order valence-corrected chi connectivity index (χ0v) is 18.1. The van der Waals surface area contributed by atoms with E-state index in [9.17, 15) is 24.5 Å². The highest BCUT2D eigenvalue weighted by molar-refractivity contribution is 7.18. The normalized spacial score (nSPS) is 13.5. The second kappa shape index (κ2) is 9.69. The van der Waals surface area contributed by atoms with Crippen LogP contribution in [0.4, 0.5) is 10.7 Å². The minimum Gasteiger partial charge on any atom is -0.462 e. The molecule has 0 aliphatic carbocycles. The molecule has 10 heteroatoms. The Labute approximate surface area is 183 Å². The Bertz CT molecular complexity index is 1030. The van der Waals surface area contributed by atoms with Crippen molar-refractivity contribution in [2.75, 3.05) is 25.0 Å². The van der Waals surface area contributed by atoms with Gasteiger partial charge < -0.3 is 15.0 Å². The standard InChI is InChI=1S/C21H23N3O6S/c1-3-30-21(27)16-13(2)17(20(26)23-10-5-4-6-11-23)31-19(16)22-18(25)14-8-7-9-15(12-14)24(28)29/h7-9,12H,3-6,10-11H2,1-2H3,(H,22,25). The van der Waals surface area contributed by atoms with E-state index in [1.165, 1.54) is 18.2 Å². The molecule has 1 saturated heterocycles. The fourth-order valence-corrected chi connectivity index (χ4v) is 4.59. The number of hydrogen-bond donors (Lipinski definition) is 1. The van der Waals surface area contributed by atoms with E-state index in [0.29, 0.717) is 23.5 Å². The molecule has 0 atom stereocenters. The summed E-state index contributed by atoms with van der Waals surface area (Å²) in [6, 6.07) is 5.28. The number of thiophene rings is 1. The van der Waals surface area contributed by atoms with Crippen LogP contribution in [0.1, 0.15) is 62.1 Å². The number of anilines is 1. The second-order valence-electron chi connectivity index (χ2n) is 7.10. The van der Waals surface area contributed by atoms with Gasteiger partial charge in [0.1, 0.15) is 5.00 Å². The van der Waals surface area contributed by atoms with Gasteiger partial charge in [0.05, 0.1) is 22.0 Å². The summed E-state index contributed by atoms with van der Waals surface area (Å²) in [7, 11) is 0. The van der Waals surface area contributed by atoms with Crippen LogP contribution in [0.5, 0.6) is 0 Å². The number of nitrogens with zero attached hydrogens (tertiary/aromatic N) is 2. The molecule has 1 fully saturated rings. The van der Waals surface area contributed by atoms with Crippen molar-refractivity contribution >= 4 is 39.8 Å². The molecule has 0 spiro atoms. The van der Waals surface area contributed by atoms with Gasteiger partial charge in [0.15, 0.2) is 0 Å². The van der Waals surface area contributed by atoms with E-state index in [0.717, 1.165) is 36.7 Å². The average molecular weight is 445 g/mol. The quantitative estimate of drug-likeness (QED) is 0.407. The maximum atomic E-state index is 13.0. The lowest BCUT2D eigenvalue weighted by Crippen LogP contribution is -2.35. The smallest absolute Gasteiger partial charge is 0.341 e. The first kappa shape index (κ1) is 22.4. The molecular weight excluding hydrogens is 422 g/mol. The molecule has 1 aromatic carbocycles. The van der Waals surface area contributed by atoms with Crippen molar-refractivity contribution in [3.63, 3.8) is 0 Å². The number of non-ortho nitro benzene ring substituents is 1. The number of amides is 2. The van der Waals surface area contributed by atoms with Gasteiger partial charge in [-0.05, 0) is 44.7 Å². The lowest BCUT2D eigenvalue weighted by Gasteiger charge is -2.26. The first-order valence-corrected chi connectivity index (χ1v) is 10.8. The number of carbonyl (C=O) groups is 3. The fraction of sp³-hybridized carbons (Fsp3) is 0.381. The molecule has 164 valence electrons. The van der Waals surface area contributed by atoms with Gasteiger partial charge in [-0.25, -0.2) is 4.79 Å². The third-order valence-corrected chi connectivity index (χ3v) is 6.21. The highest BCUT2D eigenvalue weighted by Gasteiger charge is 2.29. The van der Waals surface area contributed by atoms with Gasteiger partial charge in [-0.3, -0.25) is 19.7 Å². The first-order chi connectivity index (χ1) is 14.8. The molecule has 0 unspecified atom stereocenters. The summed E-state index contributed by atoms with van der Waals surface area (Å²) in [5.74, 6) is -1.43. The maximum absolute atomic E-state index is 13.0. The number of ether oxygens (including phenoxy) is 1. The van der Waals surface area contributed by atoms with E-state index in [2.05, 4.69) is 5.32 Å². The number of benzene rings is 1. The molecule has 2 heterocycles. The highest BCUT2D eigenvalue weighted by Crippen LogP contribution is 2.35. The van der Waals surface area contributed by atoms with Gasteiger partial charge in [-0.1, -0.05) is 6.07 Å². The van der Waals surface area contributed by atoms with Crippen LogP contribution in [0.25, 0.3) is 0 Å². The van der Waals surface area contributed by atoms with E-state index >= 15 is 0 Å². The lowest BCUT2D eigenvalue weighted by atomic mass is 10.1. The van der Waals surface area contributed by atoms with Gasteiger partial charge in [0.2, 0.25) is 0 Å². The third kappa shape index (κ3) is 4.91. The van der Waals surface area contributed by atoms with Crippen LogP contribution in [-0.4, -0.2) is 47.3 Å². The molecular formula is C21H23N3O6S. The van der Waals surface area contributed by atoms with Crippen LogP contribution < -0.4 is 5.32 Å². The summed E-state index contributed by atoms with van der Waals surface area (Å²) in [6.45, 7) is 4.77. The Balaban J connectivity index is 1.95. The van der Waals surface area contributed by atoms with Crippen molar-refractivity contribution in [1.29, 1.82) is 0 Å². The first-order valence-electron chi connectivity index (χ1n) is 9.99. The molecule has 2 amide bonds. The van der Waals surface area contributed by atoms with E-state index in [4.69, 9.17) is 4.74 Å². The molecule has 31 heavy (non-hydrogen) atoms. The number of nitro benzene ring substituents is 1.